The van der Waals surface area contributed by atoms with Crippen molar-refractivity contribution >= 4 is 34.9 Å². The summed E-state index contributed by atoms with van der Waals surface area (Å²) in [5, 5.41) is 15.9. The van der Waals surface area contributed by atoms with Crippen LogP contribution >= 0.6 is 11.6 Å². The number of amides is 2. The maximum atomic E-state index is 15.5. The van der Waals surface area contributed by atoms with Gasteiger partial charge in [0.05, 0.1) is 29.2 Å². The second-order valence-electron chi connectivity index (χ2n) is 11.8. The van der Waals surface area contributed by atoms with Gasteiger partial charge >= 0.3 is 0 Å². The largest absolute Gasteiger partial charge is 0.481 e. The number of methoxy groups -OCH3 is 1. The fourth-order valence-electron chi connectivity index (χ4n) is 5.94. The molecule has 0 bridgehead atoms. The standard InChI is InChI=1S/C34H37ClFN9O3/c1-19-23(4-3-5-25(19)44-33-31(36)27(40-18-41-33)17-38-16-22-8-11-29(47)43-22)32-30(35)24(12-13-39-32)26-9-6-20(34(45-26)48-2)14-37-15-21-7-10-28(46)42-21/h3-6,9,12-13,18,21-22,37-38H,7-8,10-11,14-17H2,1-2H3,(H,42,46)(H,43,47)(H,40,41,44)/t21-,22+/m1/s1. The Morgan fingerprint density at radius 2 is 1.67 bits per heavy atom. The molecule has 250 valence electrons. The molecule has 6 rings (SSSR count). The molecule has 5 N–H and O–H groups in total. The molecule has 2 fully saturated rings. The fourth-order valence-corrected chi connectivity index (χ4v) is 6.25. The van der Waals surface area contributed by atoms with Gasteiger partial charge in [0.2, 0.25) is 17.7 Å². The van der Waals surface area contributed by atoms with Crippen LogP contribution in [-0.2, 0) is 22.7 Å². The topological polar surface area (TPSA) is 155 Å². The van der Waals surface area contributed by atoms with Gasteiger partial charge < -0.3 is 31.3 Å². The van der Waals surface area contributed by atoms with Gasteiger partial charge in [0.25, 0.3) is 0 Å². The summed E-state index contributed by atoms with van der Waals surface area (Å²) in [7, 11) is 1.57. The molecule has 2 aliphatic heterocycles. The summed E-state index contributed by atoms with van der Waals surface area (Å²) in [6.07, 6.45) is 5.63. The van der Waals surface area contributed by atoms with Crippen molar-refractivity contribution in [3.8, 4) is 28.4 Å². The molecule has 12 nitrogen and oxygen atoms in total. The first-order valence-corrected chi connectivity index (χ1v) is 16.2. The van der Waals surface area contributed by atoms with E-state index in [1.165, 1.54) is 6.33 Å². The lowest BCUT2D eigenvalue weighted by Crippen LogP contribution is -2.35. The highest BCUT2D eigenvalue weighted by Gasteiger charge is 2.22. The van der Waals surface area contributed by atoms with E-state index in [0.717, 1.165) is 29.5 Å². The van der Waals surface area contributed by atoms with Crippen molar-refractivity contribution in [2.24, 2.45) is 0 Å². The number of nitrogens with one attached hydrogen (secondary N) is 5. The van der Waals surface area contributed by atoms with E-state index in [2.05, 4.69) is 41.5 Å². The number of hydrogen-bond donors (Lipinski definition) is 5. The second-order valence-corrected chi connectivity index (χ2v) is 12.2. The summed E-state index contributed by atoms with van der Waals surface area (Å²) in [6.45, 7) is 3.81. The Morgan fingerprint density at radius 1 is 0.938 bits per heavy atom. The number of rotatable bonds is 13. The van der Waals surface area contributed by atoms with Gasteiger partial charge in [-0.2, -0.15) is 0 Å². The third-order valence-corrected chi connectivity index (χ3v) is 8.94. The van der Waals surface area contributed by atoms with Crippen molar-refractivity contribution < 1.29 is 18.7 Å². The van der Waals surface area contributed by atoms with Crippen LogP contribution in [0.4, 0.5) is 15.9 Å². The molecule has 5 heterocycles. The van der Waals surface area contributed by atoms with Gasteiger partial charge in [0.15, 0.2) is 11.6 Å². The quantitative estimate of drug-likeness (QED) is 0.140. The lowest BCUT2D eigenvalue weighted by Gasteiger charge is -2.16. The summed E-state index contributed by atoms with van der Waals surface area (Å²) in [5.74, 6) is 0.0728. The Hall–Kier alpha value is -4.72. The third kappa shape index (κ3) is 7.53. The SMILES string of the molecule is COc1nc(-c2ccnc(-c3cccc(Nc4ncnc(CNC[C@@H]5CCC(=O)N5)c4F)c3C)c2Cl)ccc1CNC[C@H]1CCC(=O)N1. The van der Waals surface area contributed by atoms with Crippen molar-refractivity contribution in [1.29, 1.82) is 0 Å². The fraction of sp³-hybridized carbons (Fsp3) is 0.353. The van der Waals surface area contributed by atoms with E-state index in [1.807, 2.05) is 37.3 Å². The lowest BCUT2D eigenvalue weighted by molar-refractivity contribution is -0.120. The Labute approximate surface area is 282 Å². The number of benzene rings is 1. The molecule has 2 saturated heterocycles. The number of pyridine rings is 2. The van der Waals surface area contributed by atoms with E-state index in [4.69, 9.17) is 21.3 Å². The van der Waals surface area contributed by atoms with Crippen LogP contribution in [0, 0.1) is 12.7 Å². The summed E-state index contributed by atoms with van der Waals surface area (Å²) >= 11 is 6.99. The van der Waals surface area contributed by atoms with Crippen molar-refractivity contribution in [2.45, 2.75) is 57.8 Å². The highest BCUT2D eigenvalue weighted by Crippen LogP contribution is 2.38. The minimum Gasteiger partial charge on any atom is -0.481 e. The highest BCUT2D eigenvalue weighted by atomic mass is 35.5. The number of ether oxygens (including phenoxy) is 1. The van der Waals surface area contributed by atoms with Crippen LogP contribution in [0.5, 0.6) is 5.88 Å². The van der Waals surface area contributed by atoms with E-state index in [1.54, 1.807) is 19.4 Å². The average molecular weight is 674 g/mol. The molecule has 0 saturated carbocycles. The van der Waals surface area contributed by atoms with Gasteiger partial charge in [0.1, 0.15) is 6.33 Å². The molecule has 0 radical (unpaired) electrons. The minimum atomic E-state index is -0.563. The van der Waals surface area contributed by atoms with Crippen LogP contribution in [0.2, 0.25) is 5.02 Å². The van der Waals surface area contributed by atoms with E-state index in [-0.39, 0.29) is 42.0 Å². The average Bonchev–Trinajstić information content (AvgIpc) is 3.70. The number of carbonyl (C=O) groups is 2. The van der Waals surface area contributed by atoms with Crippen LogP contribution in [0.3, 0.4) is 0 Å². The van der Waals surface area contributed by atoms with Crippen molar-refractivity contribution in [2.75, 3.05) is 25.5 Å². The van der Waals surface area contributed by atoms with E-state index >= 15 is 4.39 Å². The van der Waals surface area contributed by atoms with E-state index in [0.29, 0.717) is 66.0 Å². The van der Waals surface area contributed by atoms with Gasteiger partial charge in [-0.15, -0.1) is 0 Å². The van der Waals surface area contributed by atoms with E-state index < -0.39 is 5.82 Å². The predicted molar refractivity (Wildman–Crippen MR) is 180 cm³/mol. The molecular weight excluding hydrogens is 637 g/mol. The number of carbonyl (C=O) groups excluding carboxylic acids is 2. The summed E-state index contributed by atoms with van der Waals surface area (Å²) in [5.41, 5.74) is 5.14. The third-order valence-electron chi connectivity index (χ3n) is 8.56. The zero-order valence-electron chi connectivity index (χ0n) is 26.7. The molecule has 3 aromatic heterocycles. The zero-order valence-corrected chi connectivity index (χ0v) is 27.5. The molecule has 0 aliphatic carbocycles. The summed E-state index contributed by atoms with van der Waals surface area (Å²) in [4.78, 5) is 40.5. The first kappa shape index (κ1) is 33.2. The monoisotopic (exact) mass is 673 g/mol. The van der Waals surface area contributed by atoms with Crippen LogP contribution in [0.15, 0.2) is 48.9 Å². The molecule has 2 aliphatic rings. The van der Waals surface area contributed by atoms with Gasteiger partial charge in [-0.1, -0.05) is 29.8 Å². The first-order chi connectivity index (χ1) is 23.3. The van der Waals surface area contributed by atoms with Gasteiger partial charge in [-0.25, -0.2) is 19.3 Å². The molecule has 1 aromatic carbocycles. The van der Waals surface area contributed by atoms with Crippen LogP contribution in [0.1, 0.15) is 42.5 Å². The molecule has 2 amide bonds. The molecule has 14 heteroatoms. The van der Waals surface area contributed by atoms with Crippen LogP contribution in [0.25, 0.3) is 22.5 Å². The molecule has 0 unspecified atom stereocenters. The van der Waals surface area contributed by atoms with Gasteiger partial charge in [-0.05, 0) is 43.5 Å². The summed E-state index contributed by atoms with van der Waals surface area (Å²) < 4.78 is 21.1. The Kier molecular flexibility index (Phi) is 10.4. The number of aromatic nitrogens is 4. The van der Waals surface area contributed by atoms with Crippen molar-refractivity contribution in [3.05, 3.63) is 76.6 Å². The second kappa shape index (κ2) is 15.0. The maximum absolute atomic E-state index is 15.5. The Morgan fingerprint density at radius 3 is 2.35 bits per heavy atom. The molecule has 0 spiro atoms. The number of hydrogen-bond acceptors (Lipinski definition) is 10. The van der Waals surface area contributed by atoms with Gasteiger partial charge in [0, 0.05) is 79.7 Å². The Balaban J connectivity index is 1.17. The zero-order chi connectivity index (χ0) is 33.6. The van der Waals surface area contributed by atoms with Crippen molar-refractivity contribution in [1.82, 2.24) is 41.2 Å². The van der Waals surface area contributed by atoms with Crippen LogP contribution in [-0.4, -0.2) is 64.0 Å². The normalized spacial score (nSPS) is 17.3. The maximum Gasteiger partial charge on any atom is 0.220 e. The van der Waals surface area contributed by atoms with E-state index in [9.17, 15) is 9.59 Å². The number of anilines is 2. The molecule has 48 heavy (non-hydrogen) atoms. The molecule has 4 aromatic rings. The van der Waals surface area contributed by atoms with Crippen LogP contribution < -0.4 is 31.3 Å². The molecule has 2 atom stereocenters. The number of halogens is 2. The van der Waals surface area contributed by atoms with Gasteiger partial charge in [-0.3, -0.25) is 14.6 Å². The predicted octanol–water partition coefficient (Wildman–Crippen LogP) is 4.19. The van der Waals surface area contributed by atoms with Crippen molar-refractivity contribution in [3.63, 3.8) is 0 Å². The smallest absolute Gasteiger partial charge is 0.220 e. The summed E-state index contributed by atoms with van der Waals surface area (Å²) in [6, 6.07) is 11.4. The minimum absolute atomic E-state index is 0.0302. The highest BCUT2D eigenvalue weighted by molar-refractivity contribution is 6.35. The first-order valence-electron chi connectivity index (χ1n) is 15.9. The number of nitrogens with zero attached hydrogens (tertiary/aromatic N) is 4. The lowest BCUT2D eigenvalue weighted by atomic mass is 10.0. The molecular formula is C34H37ClFN9O3. The Bertz CT molecular complexity index is 1830.